The fourth-order valence-electron chi connectivity index (χ4n) is 2.89. The Kier molecular flexibility index (Phi) is 5.01. The maximum absolute atomic E-state index is 11.7. The molecule has 2 unspecified atom stereocenters. The first-order valence-electron chi connectivity index (χ1n) is 7.34. The minimum absolute atomic E-state index is 0.316. The van der Waals surface area contributed by atoms with E-state index in [4.69, 9.17) is 4.74 Å². The molecule has 4 nitrogen and oxygen atoms in total. The van der Waals surface area contributed by atoms with Crippen LogP contribution in [0.25, 0.3) is 0 Å². The van der Waals surface area contributed by atoms with E-state index in [2.05, 4.69) is 11.8 Å². The van der Waals surface area contributed by atoms with Crippen molar-refractivity contribution in [2.24, 2.45) is 0 Å². The van der Waals surface area contributed by atoms with Gasteiger partial charge < -0.3 is 9.84 Å². The van der Waals surface area contributed by atoms with Gasteiger partial charge in [-0.05, 0) is 50.9 Å². The second-order valence-electron chi connectivity index (χ2n) is 5.33. The molecule has 1 saturated heterocycles. The summed E-state index contributed by atoms with van der Waals surface area (Å²) in [5, 5.41) is 9.60. The summed E-state index contributed by atoms with van der Waals surface area (Å²) in [6, 6.07) is 7.19. The Labute approximate surface area is 120 Å². The van der Waals surface area contributed by atoms with Crippen LogP contribution in [0.3, 0.4) is 0 Å². The molecule has 1 aromatic carbocycles. The molecule has 2 atom stereocenters. The Hall–Kier alpha value is -1.55. The smallest absolute Gasteiger partial charge is 0.325 e. The van der Waals surface area contributed by atoms with Crippen LogP contribution >= 0.6 is 0 Å². The number of likely N-dealkylation sites (tertiary alicyclic amines) is 1. The summed E-state index contributed by atoms with van der Waals surface area (Å²) in [7, 11) is 0. The molecule has 0 radical (unpaired) electrons. The lowest BCUT2D eigenvalue weighted by Gasteiger charge is -2.37. The Morgan fingerprint density at radius 3 is 2.65 bits per heavy atom. The average Bonchev–Trinajstić information content (AvgIpc) is 2.43. The Bertz CT molecular complexity index is 444. The van der Waals surface area contributed by atoms with Crippen LogP contribution in [0.4, 0.5) is 0 Å². The Morgan fingerprint density at radius 2 is 2.10 bits per heavy atom. The number of aliphatic carboxylic acids is 1. The van der Waals surface area contributed by atoms with Crippen molar-refractivity contribution < 1.29 is 14.6 Å². The molecule has 0 spiro atoms. The molecule has 0 amide bonds. The minimum Gasteiger partial charge on any atom is -0.494 e. The highest BCUT2D eigenvalue weighted by molar-refractivity contribution is 5.75. The first-order valence-corrected chi connectivity index (χ1v) is 7.34. The molecular weight excluding hydrogens is 254 g/mol. The van der Waals surface area contributed by atoms with Gasteiger partial charge in [0.25, 0.3) is 0 Å². The van der Waals surface area contributed by atoms with Crippen molar-refractivity contribution in [2.75, 3.05) is 13.2 Å². The normalized spacial score (nSPS) is 21.4. The molecule has 1 heterocycles. The molecule has 1 aliphatic rings. The highest BCUT2D eigenvalue weighted by Crippen LogP contribution is 2.29. The van der Waals surface area contributed by atoms with Crippen LogP contribution in [0.2, 0.25) is 0 Å². The summed E-state index contributed by atoms with van der Waals surface area (Å²) in [5.41, 5.74) is 0.828. The number of carbonyl (C=O) groups is 1. The zero-order valence-corrected chi connectivity index (χ0v) is 12.2. The van der Waals surface area contributed by atoms with E-state index in [0.717, 1.165) is 30.7 Å². The number of benzene rings is 1. The van der Waals surface area contributed by atoms with Gasteiger partial charge in [0.1, 0.15) is 11.8 Å². The summed E-state index contributed by atoms with van der Waals surface area (Å²) in [5.74, 6) is 0.00925. The second kappa shape index (κ2) is 6.75. The van der Waals surface area contributed by atoms with Crippen molar-refractivity contribution in [3.8, 4) is 5.75 Å². The van der Waals surface area contributed by atoms with Crippen molar-refractivity contribution in [3.63, 3.8) is 0 Å². The Morgan fingerprint density at radius 1 is 1.40 bits per heavy atom. The molecule has 2 rings (SSSR count). The molecule has 1 N–H and O–H groups in total. The standard InChI is InChI=1S/C16H23NO3/c1-3-20-14-9-7-13(8-10-14)15(16(18)19)17-11-5-4-6-12(17)2/h7-10,12,15H,3-6,11H2,1-2H3,(H,18,19). The van der Waals surface area contributed by atoms with Crippen LogP contribution in [0.1, 0.15) is 44.7 Å². The first kappa shape index (κ1) is 14.9. The number of hydrogen-bond donors (Lipinski definition) is 1. The monoisotopic (exact) mass is 277 g/mol. The quantitative estimate of drug-likeness (QED) is 0.898. The molecular formula is C16H23NO3. The van der Waals surface area contributed by atoms with E-state index in [-0.39, 0.29) is 0 Å². The van der Waals surface area contributed by atoms with Crippen LogP contribution in [0.15, 0.2) is 24.3 Å². The highest BCUT2D eigenvalue weighted by Gasteiger charge is 2.32. The fraction of sp³-hybridized carbons (Fsp3) is 0.562. The predicted molar refractivity (Wildman–Crippen MR) is 78.0 cm³/mol. The second-order valence-corrected chi connectivity index (χ2v) is 5.33. The van der Waals surface area contributed by atoms with Gasteiger partial charge in [-0.3, -0.25) is 9.69 Å². The fourth-order valence-corrected chi connectivity index (χ4v) is 2.89. The minimum atomic E-state index is -0.775. The number of nitrogens with zero attached hydrogens (tertiary/aromatic N) is 1. The van der Waals surface area contributed by atoms with E-state index in [1.54, 1.807) is 0 Å². The third-order valence-corrected chi connectivity index (χ3v) is 3.93. The molecule has 0 saturated carbocycles. The van der Waals surface area contributed by atoms with Crippen molar-refractivity contribution in [1.29, 1.82) is 0 Å². The van der Waals surface area contributed by atoms with Gasteiger partial charge in [0.2, 0.25) is 0 Å². The maximum Gasteiger partial charge on any atom is 0.325 e. The lowest BCUT2D eigenvalue weighted by atomic mass is 9.97. The van der Waals surface area contributed by atoms with Crippen LogP contribution in [0.5, 0.6) is 5.75 Å². The van der Waals surface area contributed by atoms with E-state index in [0.29, 0.717) is 12.6 Å². The number of carboxylic acids is 1. The summed E-state index contributed by atoms with van der Waals surface area (Å²) in [4.78, 5) is 13.8. The number of ether oxygens (including phenoxy) is 1. The first-order chi connectivity index (χ1) is 9.63. The molecule has 1 fully saturated rings. The summed E-state index contributed by atoms with van der Waals surface area (Å²) < 4.78 is 5.41. The molecule has 1 aliphatic heterocycles. The molecule has 0 bridgehead atoms. The zero-order valence-electron chi connectivity index (χ0n) is 12.2. The topological polar surface area (TPSA) is 49.8 Å². The van der Waals surface area contributed by atoms with Gasteiger partial charge >= 0.3 is 5.97 Å². The number of carboxylic acid groups (broad SMARTS) is 1. The number of hydrogen-bond acceptors (Lipinski definition) is 3. The molecule has 0 aromatic heterocycles. The van der Waals surface area contributed by atoms with E-state index >= 15 is 0 Å². The van der Waals surface area contributed by atoms with Gasteiger partial charge in [-0.25, -0.2) is 0 Å². The largest absolute Gasteiger partial charge is 0.494 e. The third kappa shape index (κ3) is 3.31. The SMILES string of the molecule is CCOc1ccc(C(C(=O)O)N2CCCCC2C)cc1. The van der Waals surface area contributed by atoms with Crippen LogP contribution in [-0.2, 0) is 4.79 Å². The molecule has 4 heteroatoms. The van der Waals surface area contributed by atoms with Gasteiger partial charge in [-0.1, -0.05) is 18.6 Å². The molecule has 1 aromatic rings. The van der Waals surface area contributed by atoms with Crippen molar-refractivity contribution in [1.82, 2.24) is 4.90 Å². The van der Waals surface area contributed by atoms with Crippen LogP contribution < -0.4 is 4.74 Å². The predicted octanol–water partition coefficient (Wildman–Crippen LogP) is 3.09. The number of rotatable bonds is 5. The lowest BCUT2D eigenvalue weighted by Crippen LogP contribution is -2.43. The van der Waals surface area contributed by atoms with Gasteiger partial charge in [0.15, 0.2) is 0 Å². The summed E-state index contributed by atoms with van der Waals surface area (Å²) in [6.45, 7) is 5.52. The van der Waals surface area contributed by atoms with Gasteiger partial charge in [-0.15, -0.1) is 0 Å². The summed E-state index contributed by atoms with van der Waals surface area (Å²) >= 11 is 0. The molecule has 20 heavy (non-hydrogen) atoms. The van der Waals surface area contributed by atoms with Crippen LogP contribution in [0, 0.1) is 0 Å². The zero-order chi connectivity index (χ0) is 14.5. The molecule has 110 valence electrons. The van der Waals surface area contributed by atoms with E-state index in [9.17, 15) is 9.90 Å². The molecule has 0 aliphatic carbocycles. The van der Waals surface area contributed by atoms with Crippen molar-refractivity contribution >= 4 is 5.97 Å². The van der Waals surface area contributed by atoms with Gasteiger partial charge in [0.05, 0.1) is 6.61 Å². The van der Waals surface area contributed by atoms with Gasteiger partial charge in [-0.2, -0.15) is 0 Å². The lowest BCUT2D eigenvalue weighted by molar-refractivity contribution is -0.145. The van der Waals surface area contributed by atoms with E-state index in [1.165, 1.54) is 6.42 Å². The third-order valence-electron chi connectivity index (χ3n) is 3.93. The van der Waals surface area contributed by atoms with Crippen molar-refractivity contribution in [3.05, 3.63) is 29.8 Å². The van der Waals surface area contributed by atoms with Crippen molar-refractivity contribution in [2.45, 2.75) is 45.2 Å². The van der Waals surface area contributed by atoms with Crippen LogP contribution in [-0.4, -0.2) is 35.2 Å². The highest BCUT2D eigenvalue weighted by atomic mass is 16.5. The van der Waals surface area contributed by atoms with E-state index in [1.807, 2.05) is 31.2 Å². The average molecular weight is 277 g/mol. The Balaban J connectivity index is 2.21. The van der Waals surface area contributed by atoms with Gasteiger partial charge in [0, 0.05) is 6.04 Å². The number of piperidine rings is 1. The summed E-state index contributed by atoms with van der Waals surface area (Å²) in [6.07, 6.45) is 3.33. The maximum atomic E-state index is 11.7. The van der Waals surface area contributed by atoms with E-state index < -0.39 is 12.0 Å².